The number of carbonyl (C=O) groups is 1. The Hall–Kier alpha value is -1.90. The normalized spacial score (nSPS) is 10.8. The Morgan fingerprint density at radius 3 is 2.56 bits per heavy atom. The zero-order valence-corrected chi connectivity index (χ0v) is 10.9. The number of hydrogen-bond acceptors (Lipinski definition) is 2. The van der Waals surface area contributed by atoms with E-state index >= 15 is 0 Å². The van der Waals surface area contributed by atoms with Crippen LogP contribution in [0.15, 0.2) is 18.2 Å². The zero-order chi connectivity index (χ0) is 13.3. The standard InChI is InChI=1S/C15H17NO2/c1-9-6-11(3)15-13(7-9)10(2)8-12(16-15)4-5-14(17)18/h6-8H,4-5H2,1-3H3,(H,17,18). The van der Waals surface area contributed by atoms with Gasteiger partial charge in [-0.1, -0.05) is 11.6 Å². The van der Waals surface area contributed by atoms with Crippen LogP contribution in [0.5, 0.6) is 0 Å². The molecular formula is C15H17NO2. The predicted molar refractivity (Wildman–Crippen MR) is 71.9 cm³/mol. The van der Waals surface area contributed by atoms with Gasteiger partial charge in [0.05, 0.1) is 11.9 Å². The third-order valence-corrected chi connectivity index (χ3v) is 3.10. The minimum Gasteiger partial charge on any atom is -0.481 e. The molecule has 0 amide bonds. The predicted octanol–water partition coefficient (Wildman–Crippen LogP) is 3.18. The number of nitrogens with zero attached hydrogens (tertiary/aromatic N) is 1. The van der Waals surface area contributed by atoms with Gasteiger partial charge in [-0.3, -0.25) is 9.78 Å². The Bertz CT molecular complexity index is 617. The van der Waals surface area contributed by atoms with E-state index in [1.54, 1.807) is 0 Å². The number of carboxylic acid groups (broad SMARTS) is 1. The molecule has 0 saturated heterocycles. The van der Waals surface area contributed by atoms with Crippen molar-refractivity contribution in [3.8, 4) is 0 Å². The fourth-order valence-corrected chi connectivity index (χ4v) is 2.28. The Labute approximate surface area is 106 Å². The SMILES string of the molecule is Cc1cc(C)c2nc(CCC(=O)O)cc(C)c2c1. The van der Waals surface area contributed by atoms with Gasteiger partial charge in [-0.2, -0.15) is 0 Å². The topological polar surface area (TPSA) is 50.2 Å². The molecule has 3 heteroatoms. The molecule has 18 heavy (non-hydrogen) atoms. The molecule has 0 unspecified atom stereocenters. The summed E-state index contributed by atoms with van der Waals surface area (Å²) in [4.78, 5) is 15.2. The summed E-state index contributed by atoms with van der Waals surface area (Å²) >= 11 is 0. The molecule has 1 N–H and O–H groups in total. The van der Waals surface area contributed by atoms with Crippen molar-refractivity contribution < 1.29 is 9.90 Å². The van der Waals surface area contributed by atoms with Crippen LogP contribution in [-0.2, 0) is 11.2 Å². The number of aromatic nitrogens is 1. The Morgan fingerprint density at radius 1 is 1.17 bits per heavy atom. The van der Waals surface area contributed by atoms with E-state index in [4.69, 9.17) is 5.11 Å². The highest BCUT2D eigenvalue weighted by atomic mass is 16.4. The van der Waals surface area contributed by atoms with E-state index in [0.29, 0.717) is 6.42 Å². The molecule has 0 radical (unpaired) electrons. The second-order valence-electron chi connectivity index (χ2n) is 4.80. The number of rotatable bonds is 3. The molecule has 0 fully saturated rings. The molecule has 0 aliphatic heterocycles. The first kappa shape index (κ1) is 12.6. The van der Waals surface area contributed by atoms with Crippen molar-refractivity contribution in [2.45, 2.75) is 33.6 Å². The van der Waals surface area contributed by atoms with Gasteiger partial charge in [-0.25, -0.2) is 0 Å². The largest absolute Gasteiger partial charge is 0.481 e. The van der Waals surface area contributed by atoms with Gasteiger partial charge >= 0.3 is 5.97 Å². The van der Waals surface area contributed by atoms with Gasteiger partial charge in [0.25, 0.3) is 0 Å². The fraction of sp³-hybridized carbons (Fsp3) is 0.333. The van der Waals surface area contributed by atoms with E-state index in [2.05, 4.69) is 24.0 Å². The molecule has 0 aliphatic carbocycles. The van der Waals surface area contributed by atoms with Crippen LogP contribution in [0.25, 0.3) is 10.9 Å². The van der Waals surface area contributed by atoms with Crippen LogP contribution < -0.4 is 0 Å². The summed E-state index contributed by atoms with van der Waals surface area (Å²) in [6.45, 7) is 6.17. The van der Waals surface area contributed by atoms with E-state index in [1.807, 2.05) is 19.9 Å². The van der Waals surface area contributed by atoms with E-state index < -0.39 is 5.97 Å². The van der Waals surface area contributed by atoms with Crippen LogP contribution >= 0.6 is 0 Å². The minimum atomic E-state index is -0.782. The van der Waals surface area contributed by atoms with Gasteiger partial charge < -0.3 is 5.11 Å². The van der Waals surface area contributed by atoms with E-state index in [1.165, 1.54) is 5.56 Å². The number of hydrogen-bond donors (Lipinski definition) is 1. The smallest absolute Gasteiger partial charge is 0.303 e. The van der Waals surface area contributed by atoms with Gasteiger partial charge in [0, 0.05) is 17.5 Å². The van der Waals surface area contributed by atoms with Crippen LogP contribution in [0.3, 0.4) is 0 Å². The average molecular weight is 243 g/mol. The summed E-state index contributed by atoms with van der Waals surface area (Å²) < 4.78 is 0. The molecule has 2 rings (SSSR count). The highest BCUT2D eigenvalue weighted by Gasteiger charge is 2.07. The van der Waals surface area contributed by atoms with Crippen molar-refractivity contribution in [2.75, 3.05) is 0 Å². The lowest BCUT2D eigenvalue weighted by Gasteiger charge is -2.09. The average Bonchev–Trinajstić information content (AvgIpc) is 2.28. The van der Waals surface area contributed by atoms with Crippen LogP contribution in [0, 0.1) is 20.8 Å². The molecule has 3 nitrogen and oxygen atoms in total. The summed E-state index contributed by atoms with van der Waals surface area (Å²) in [6, 6.07) is 6.23. The quantitative estimate of drug-likeness (QED) is 0.900. The molecule has 2 aromatic rings. The van der Waals surface area contributed by atoms with Gasteiger partial charge in [-0.05, 0) is 44.0 Å². The molecular weight excluding hydrogens is 226 g/mol. The third-order valence-electron chi connectivity index (χ3n) is 3.10. The lowest BCUT2D eigenvalue weighted by molar-refractivity contribution is -0.136. The van der Waals surface area contributed by atoms with E-state index in [9.17, 15) is 4.79 Å². The molecule has 0 spiro atoms. The Morgan fingerprint density at radius 2 is 1.89 bits per heavy atom. The molecule has 0 aliphatic rings. The van der Waals surface area contributed by atoms with Crippen molar-refractivity contribution in [2.24, 2.45) is 0 Å². The summed E-state index contributed by atoms with van der Waals surface area (Å²) in [6.07, 6.45) is 0.613. The number of pyridine rings is 1. The minimum absolute atomic E-state index is 0.128. The van der Waals surface area contributed by atoms with Crippen LogP contribution in [0.4, 0.5) is 0 Å². The van der Waals surface area contributed by atoms with E-state index in [0.717, 1.165) is 27.7 Å². The number of carboxylic acids is 1. The lowest BCUT2D eigenvalue weighted by atomic mass is 10.0. The Kier molecular flexibility index (Phi) is 3.32. The molecule has 0 atom stereocenters. The van der Waals surface area contributed by atoms with Crippen molar-refractivity contribution >= 4 is 16.9 Å². The first-order valence-corrected chi connectivity index (χ1v) is 6.06. The maximum absolute atomic E-state index is 10.6. The molecule has 1 heterocycles. The van der Waals surface area contributed by atoms with Gasteiger partial charge in [0.1, 0.15) is 0 Å². The lowest BCUT2D eigenvalue weighted by Crippen LogP contribution is -2.01. The highest BCUT2D eigenvalue weighted by molar-refractivity contribution is 5.85. The van der Waals surface area contributed by atoms with Gasteiger partial charge in [0.2, 0.25) is 0 Å². The fourth-order valence-electron chi connectivity index (χ4n) is 2.28. The maximum atomic E-state index is 10.6. The number of aryl methyl sites for hydroxylation is 4. The van der Waals surface area contributed by atoms with Crippen molar-refractivity contribution in [1.29, 1.82) is 0 Å². The number of benzene rings is 1. The van der Waals surface area contributed by atoms with Crippen molar-refractivity contribution in [1.82, 2.24) is 4.98 Å². The van der Waals surface area contributed by atoms with Gasteiger partial charge in [0.15, 0.2) is 0 Å². The first-order chi connectivity index (χ1) is 8.47. The van der Waals surface area contributed by atoms with Crippen LogP contribution in [0.2, 0.25) is 0 Å². The Balaban J connectivity index is 2.51. The maximum Gasteiger partial charge on any atom is 0.303 e. The first-order valence-electron chi connectivity index (χ1n) is 6.06. The zero-order valence-electron chi connectivity index (χ0n) is 10.9. The second kappa shape index (κ2) is 4.77. The molecule has 1 aromatic heterocycles. The van der Waals surface area contributed by atoms with Crippen LogP contribution in [0.1, 0.15) is 28.8 Å². The van der Waals surface area contributed by atoms with Crippen LogP contribution in [-0.4, -0.2) is 16.1 Å². The summed E-state index contributed by atoms with van der Waals surface area (Å²) in [7, 11) is 0. The highest BCUT2D eigenvalue weighted by Crippen LogP contribution is 2.23. The van der Waals surface area contributed by atoms with Crippen molar-refractivity contribution in [3.63, 3.8) is 0 Å². The second-order valence-corrected chi connectivity index (χ2v) is 4.80. The van der Waals surface area contributed by atoms with E-state index in [-0.39, 0.29) is 6.42 Å². The third kappa shape index (κ3) is 2.50. The monoisotopic (exact) mass is 243 g/mol. The molecule has 0 saturated carbocycles. The summed E-state index contributed by atoms with van der Waals surface area (Å²) in [5.41, 5.74) is 5.37. The van der Waals surface area contributed by atoms with Crippen molar-refractivity contribution in [3.05, 3.63) is 40.6 Å². The number of fused-ring (bicyclic) bond motifs is 1. The molecule has 1 aromatic carbocycles. The number of aliphatic carboxylic acids is 1. The summed E-state index contributed by atoms with van der Waals surface area (Å²) in [5.74, 6) is -0.782. The molecule has 0 bridgehead atoms. The molecule has 94 valence electrons. The summed E-state index contributed by atoms with van der Waals surface area (Å²) in [5, 5.41) is 9.88. The van der Waals surface area contributed by atoms with Gasteiger partial charge in [-0.15, -0.1) is 0 Å².